The zero-order chi connectivity index (χ0) is 22.0. The first-order valence-electron chi connectivity index (χ1n) is 9.88. The highest BCUT2D eigenvalue weighted by molar-refractivity contribution is 6.01. The average molecular weight is 419 g/mol. The number of rotatable bonds is 6. The van der Waals surface area contributed by atoms with Gasteiger partial charge in [0.1, 0.15) is 12.4 Å². The van der Waals surface area contributed by atoms with Crippen molar-refractivity contribution in [3.05, 3.63) is 70.3 Å². The van der Waals surface area contributed by atoms with Crippen molar-refractivity contribution in [2.45, 2.75) is 26.3 Å². The molecule has 0 bridgehead atoms. The highest BCUT2D eigenvalue weighted by atomic mass is 16.5. The van der Waals surface area contributed by atoms with Crippen LogP contribution in [0.3, 0.4) is 0 Å². The van der Waals surface area contributed by atoms with E-state index in [0.717, 1.165) is 11.9 Å². The van der Waals surface area contributed by atoms with Gasteiger partial charge < -0.3 is 10.1 Å². The van der Waals surface area contributed by atoms with Gasteiger partial charge in [0.05, 0.1) is 29.4 Å². The molecule has 158 valence electrons. The summed E-state index contributed by atoms with van der Waals surface area (Å²) in [6.45, 7) is 1.78. The SMILES string of the molecule is CCCc1nnc2c(=O)n(CC(=O)Nc3ccccc3C(=O)OC)c3ccccc3n12. The third kappa shape index (κ3) is 3.65. The Bertz CT molecular complexity index is 1360. The Balaban J connectivity index is 1.76. The number of amides is 1. The Hall–Kier alpha value is -4.01. The maximum Gasteiger partial charge on any atom is 0.339 e. The lowest BCUT2D eigenvalue weighted by atomic mass is 10.2. The Labute approximate surface area is 177 Å². The van der Waals surface area contributed by atoms with Gasteiger partial charge in [0.25, 0.3) is 5.56 Å². The van der Waals surface area contributed by atoms with Gasteiger partial charge in [-0.1, -0.05) is 31.2 Å². The van der Waals surface area contributed by atoms with Crippen molar-refractivity contribution in [3.8, 4) is 0 Å². The fourth-order valence-electron chi connectivity index (χ4n) is 3.58. The smallest absolute Gasteiger partial charge is 0.339 e. The van der Waals surface area contributed by atoms with Gasteiger partial charge in [-0.2, -0.15) is 0 Å². The number of esters is 1. The Kier molecular flexibility index (Phi) is 5.48. The number of ether oxygens (including phenoxy) is 1. The predicted octanol–water partition coefficient (Wildman–Crippen LogP) is 2.42. The van der Waals surface area contributed by atoms with Crippen LogP contribution in [0.2, 0.25) is 0 Å². The molecule has 0 atom stereocenters. The van der Waals surface area contributed by atoms with Crippen molar-refractivity contribution in [1.29, 1.82) is 0 Å². The van der Waals surface area contributed by atoms with Gasteiger partial charge in [0.2, 0.25) is 11.6 Å². The summed E-state index contributed by atoms with van der Waals surface area (Å²) in [4.78, 5) is 37.9. The second kappa shape index (κ2) is 8.39. The minimum atomic E-state index is -0.563. The van der Waals surface area contributed by atoms with Crippen LogP contribution in [0.4, 0.5) is 5.69 Å². The van der Waals surface area contributed by atoms with E-state index in [1.54, 1.807) is 40.8 Å². The minimum Gasteiger partial charge on any atom is -0.465 e. The number of nitrogens with zero attached hydrogens (tertiary/aromatic N) is 4. The average Bonchev–Trinajstić information content (AvgIpc) is 3.21. The van der Waals surface area contributed by atoms with E-state index in [4.69, 9.17) is 4.74 Å². The summed E-state index contributed by atoms with van der Waals surface area (Å²) in [5.41, 5.74) is 1.63. The zero-order valence-electron chi connectivity index (χ0n) is 17.2. The molecule has 0 fully saturated rings. The number of fused-ring (bicyclic) bond motifs is 3. The zero-order valence-corrected chi connectivity index (χ0v) is 17.2. The molecule has 0 aliphatic carbocycles. The van der Waals surface area contributed by atoms with E-state index >= 15 is 0 Å². The van der Waals surface area contributed by atoms with Crippen LogP contribution in [0.5, 0.6) is 0 Å². The molecule has 1 amide bonds. The molecule has 31 heavy (non-hydrogen) atoms. The fraction of sp³-hybridized carbons (Fsp3) is 0.227. The van der Waals surface area contributed by atoms with E-state index < -0.39 is 17.4 Å². The van der Waals surface area contributed by atoms with Crippen LogP contribution >= 0.6 is 0 Å². The van der Waals surface area contributed by atoms with Gasteiger partial charge in [-0.05, 0) is 30.7 Å². The number of para-hydroxylation sites is 3. The predicted molar refractivity (Wildman–Crippen MR) is 115 cm³/mol. The number of aryl methyl sites for hydroxylation is 1. The third-order valence-electron chi connectivity index (χ3n) is 4.96. The lowest BCUT2D eigenvalue weighted by Gasteiger charge is -2.13. The first-order valence-corrected chi connectivity index (χ1v) is 9.88. The normalized spacial score (nSPS) is 11.0. The van der Waals surface area contributed by atoms with Crippen molar-refractivity contribution < 1.29 is 14.3 Å². The van der Waals surface area contributed by atoms with Crippen molar-refractivity contribution in [3.63, 3.8) is 0 Å². The molecule has 0 unspecified atom stereocenters. The van der Waals surface area contributed by atoms with Crippen molar-refractivity contribution in [2.75, 3.05) is 12.4 Å². The van der Waals surface area contributed by atoms with Gasteiger partial charge in [-0.3, -0.25) is 18.6 Å². The van der Waals surface area contributed by atoms with Crippen molar-refractivity contribution in [1.82, 2.24) is 19.2 Å². The monoisotopic (exact) mass is 419 g/mol. The van der Waals surface area contributed by atoms with Gasteiger partial charge in [-0.25, -0.2) is 4.79 Å². The van der Waals surface area contributed by atoms with Crippen molar-refractivity contribution >= 4 is 34.2 Å². The maximum absolute atomic E-state index is 13.2. The molecule has 0 aliphatic rings. The molecule has 4 rings (SSSR count). The highest BCUT2D eigenvalue weighted by Crippen LogP contribution is 2.18. The summed E-state index contributed by atoms with van der Waals surface area (Å²) in [7, 11) is 1.27. The number of anilines is 1. The molecule has 0 saturated carbocycles. The van der Waals surface area contributed by atoms with Gasteiger partial charge in [-0.15, -0.1) is 10.2 Å². The number of benzene rings is 2. The van der Waals surface area contributed by atoms with Crippen LogP contribution in [0.1, 0.15) is 29.5 Å². The molecular formula is C22H21N5O4. The molecule has 2 aromatic heterocycles. The lowest BCUT2D eigenvalue weighted by molar-refractivity contribution is -0.116. The molecule has 0 saturated heterocycles. The number of carbonyl (C=O) groups excluding carboxylic acids is 2. The van der Waals surface area contributed by atoms with Gasteiger partial charge >= 0.3 is 5.97 Å². The maximum atomic E-state index is 13.2. The third-order valence-corrected chi connectivity index (χ3v) is 4.96. The molecule has 0 spiro atoms. The number of hydrogen-bond acceptors (Lipinski definition) is 6. The number of aromatic nitrogens is 4. The van der Waals surface area contributed by atoms with E-state index in [9.17, 15) is 14.4 Å². The molecule has 9 heteroatoms. The Morgan fingerprint density at radius 1 is 1.03 bits per heavy atom. The lowest BCUT2D eigenvalue weighted by Crippen LogP contribution is -2.30. The van der Waals surface area contributed by atoms with Crippen LogP contribution in [0, 0.1) is 0 Å². The van der Waals surface area contributed by atoms with Crippen LogP contribution in [-0.4, -0.2) is 38.2 Å². The van der Waals surface area contributed by atoms with E-state index in [2.05, 4.69) is 15.5 Å². The molecule has 2 heterocycles. The molecule has 1 N–H and O–H groups in total. The van der Waals surface area contributed by atoms with E-state index in [1.165, 1.54) is 11.7 Å². The number of carbonyl (C=O) groups is 2. The number of hydrogen-bond donors (Lipinski definition) is 1. The quantitative estimate of drug-likeness (QED) is 0.481. The molecular weight excluding hydrogens is 398 g/mol. The summed E-state index contributed by atoms with van der Waals surface area (Å²) < 4.78 is 7.88. The van der Waals surface area contributed by atoms with Crippen LogP contribution < -0.4 is 10.9 Å². The number of methoxy groups -OCH3 is 1. The molecule has 0 aliphatic heterocycles. The van der Waals surface area contributed by atoms with E-state index in [1.807, 2.05) is 19.1 Å². The second-order valence-electron chi connectivity index (χ2n) is 6.99. The topological polar surface area (TPSA) is 108 Å². The fourth-order valence-corrected chi connectivity index (χ4v) is 3.58. The summed E-state index contributed by atoms with van der Waals surface area (Å²) in [6, 6.07) is 13.8. The van der Waals surface area contributed by atoms with E-state index in [0.29, 0.717) is 23.4 Å². The molecule has 2 aromatic carbocycles. The first kappa shape index (κ1) is 20.3. The van der Waals surface area contributed by atoms with Crippen LogP contribution in [0.15, 0.2) is 53.3 Å². The summed E-state index contributed by atoms with van der Waals surface area (Å²) >= 11 is 0. The molecule has 4 aromatic rings. The molecule has 9 nitrogen and oxygen atoms in total. The second-order valence-corrected chi connectivity index (χ2v) is 6.99. The first-order chi connectivity index (χ1) is 15.0. The van der Waals surface area contributed by atoms with Gasteiger partial charge in [0.15, 0.2) is 0 Å². The largest absolute Gasteiger partial charge is 0.465 e. The van der Waals surface area contributed by atoms with Crippen LogP contribution in [0.25, 0.3) is 16.7 Å². The standard InChI is InChI=1S/C22H21N5O4/c1-3-8-18-24-25-20-21(29)26(16-11-6-7-12-17(16)27(18)20)13-19(28)23-15-10-5-4-9-14(15)22(30)31-2/h4-7,9-12H,3,8,13H2,1-2H3,(H,23,28). The molecule has 0 radical (unpaired) electrons. The summed E-state index contributed by atoms with van der Waals surface area (Å²) in [5, 5.41) is 10.9. The van der Waals surface area contributed by atoms with Gasteiger partial charge in [0, 0.05) is 6.42 Å². The highest BCUT2D eigenvalue weighted by Gasteiger charge is 2.19. The Morgan fingerprint density at radius 2 is 1.74 bits per heavy atom. The van der Waals surface area contributed by atoms with E-state index in [-0.39, 0.29) is 17.8 Å². The van der Waals surface area contributed by atoms with Crippen molar-refractivity contribution in [2.24, 2.45) is 0 Å². The van der Waals surface area contributed by atoms with Crippen LogP contribution in [-0.2, 0) is 22.5 Å². The minimum absolute atomic E-state index is 0.171. The Morgan fingerprint density at radius 3 is 2.48 bits per heavy atom. The summed E-state index contributed by atoms with van der Waals surface area (Å²) in [5.74, 6) is -0.317. The number of nitrogens with one attached hydrogen (secondary N) is 1. The summed E-state index contributed by atoms with van der Waals surface area (Å²) in [6.07, 6.45) is 1.54.